The molecule has 112 valence electrons. The van der Waals surface area contributed by atoms with Crippen molar-refractivity contribution in [2.24, 2.45) is 0 Å². The molecular formula is C15H17FN2O3. The highest BCUT2D eigenvalue weighted by Crippen LogP contribution is 2.25. The van der Waals surface area contributed by atoms with Crippen molar-refractivity contribution in [1.82, 2.24) is 4.90 Å². The third-order valence-electron chi connectivity index (χ3n) is 2.50. The Morgan fingerprint density at radius 2 is 2.38 bits per heavy atom. The van der Waals surface area contributed by atoms with Crippen molar-refractivity contribution in [2.75, 3.05) is 31.6 Å². The highest BCUT2D eigenvalue weighted by atomic mass is 19.1. The van der Waals surface area contributed by atoms with Gasteiger partial charge in [-0.1, -0.05) is 12.0 Å². The molecular weight excluding hydrogens is 275 g/mol. The molecule has 0 unspecified atom stereocenters. The molecule has 21 heavy (non-hydrogen) atoms. The van der Waals surface area contributed by atoms with Crippen molar-refractivity contribution < 1.29 is 19.0 Å². The van der Waals surface area contributed by atoms with Crippen molar-refractivity contribution in [3.63, 3.8) is 0 Å². The average Bonchev–Trinajstić information content (AvgIpc) is 2.47. The largest absolute Gasteiger partial charge is 0.479 e. The first kappa shape index (κ1) is 16.5. The lowest BCUT2D eigenvalue weighted by Gasteiger charge is -2.21. The molecule has 0 aliphatic carbocycles. The van der Waals surface area contributed by atoms with Gasteiger partial charge in [0.1, 0.15) is 18.2 Å². The first-order valence-corrected chi connectivity index (χ1v) is 6.25. The maximum Gasteiger partial charge on any atom is 0.322 e. The van der Waals surface area contributed by atoms with E-state index in [1.165, 1.54) is 23.1 Å². The number of amides is 2. The van der Waals surface area contributed by atoms with Crippen LogP contribution >= 0.6 is 0 Å². The Morgan fingerprint density at radius 3 is 3.00 bits per heavy atom. The zero-order valence-corrected chi connectivity index (χ0v) is 11.5. The molecule has 0 aromatic heterocycles. The molecule has 2 amide bonds. The van der Waals surface area contributed by atoms with Crippen LogP contribution in [0.4, 0.5) is 14.9 Å². The number of halogens is 1. The Labute approximate surface area is 123 Å². The Morgan fingerprint density at radius 1 is 1.62 bits per heavy atom. The topological polar surface area (TPSA) is 61.8 Å². The number of carbonyl (C=O) groups excluding carboxylic acids is 1. The molecule has 0 atom stereocenters. The molecule has 1 aromatic rings. The summed E-state index contributed by atoms with van der Waals surface area (Å²) >= 11 is 0. The zero-order valence-electron chi connectivity index (χ0n) is 11.5. The third kappa shape index (κ3) is 5.16. The predicted molar refractivity (Wildman–Crippen MR) is 78.6 cm³/mol. The average molecular weight is 292 g/mol. The number of hydrogen-bond donors (Lipinski definition) is 2. The molecule has 0 heterocycles. The van der Waals surface area contributed by atoms with Crippen LogP contribution in [0.1, 0.15) is 0 Å². The number of benzene rings is 1. The van der Waals surface area contributed by atoms with Gasteiger partial charge in [-0.15, -0.1) is 13.0 Å². The van der Waals surface area contributed by atoms with E-state index in [2.05, 4.69) is 17.8 Å². The standard InChI is InChI=1S/C15H17FN2O3/c1-3-7-18(8-9-19)15(20)17-13-6-5-12(16)11-14(13)21-10-4-2/h2-3,5-6,11,19H,1,7-10H2,(H,17,20). The Bertz CT molecular complexity index is 540. The molecule has 1 rings (SSSR count). The number of urea groups is 1. The van der Waals surface area contributed by atoms with Gasteiger partial charge in [0.15, 0.2) is 0 Å². The van der Waals surface area contributed by atoms with E-state index in [1.54, 1.807) is 0 Å². The fraction of sp³-hybridized carbons (Fsp3) is 0.267. The summed E-state index contributed by atoms with van der Waals surface area (Å²) in [6, 6.07) is 3.25. The number of ether oxygens (including phenoxy) is 1. The van der Waals surface area contributed by atoms with Crippen LogP contribution in [0.5, 0.6) is 5.75 Å². The number of carbonyl (C=O) groups is 1. The second-order valence-corrected chi connectivity index (χ2v) is 4.02. The van der Waals surface area contributed by atoms with Crippen molar-refractivity contribution in [3.05, 3.63) is 36.7 Å². The molecule has 0 aliphatic heterocycles. The van der Waals surface area contributed by atoms with Gasteiger partial charge >= 0.3 is 6.03 Å². The third-order valence-corrected chi connectivity index (χ3v) is 2.50. The molecule has 0 aliphatic rings. The van der Waals surface area contributed by atoms with Gasteiger partial charge in [-0.3, -0.25) is 0 Å². The molecule has 2 N–H and O–H groups in total. The first-order chi connectivity index (χ1) is 10.1. The fourth-order valence-corrected chi connectivity index (χ4v) is 1.58. The van der Waals surface area contributed by atoms with Crippen molar-refractivity contribution in [1.29, 1.82) is 0 Å². The lowest BCUT2D eigenvalue weighted by Crippen LogP contribution is -2.37. The highest BCUT2D eigenvalue weighted by molar-refractivity contribution is 5.91. The van der Waals surface area contributed by atoms with Crippen LogP contribution in [0, 0.1) is 18.2 Å². The van der Waals surface area contributed by atoms with E-state index >= 15 is 0 Å². The van der Waals surface area contributed by atoms with Crippen LogP contribution in [0.3, 0.4) is 0 Å². The van der Waals surface area contributed by atoms with Gasteiger partial charge < -0.3 is 20.1 Å². The second-order valence-electron chi connectivity index (χ2n) is 4.02. The number of nitrogens with one attached hydrogen (secondary N) is 1. The minimum atomic E-state index is -0.502. The maximum absolute atomic E-state index is 13.2. The normalized spacial score (nSPS) is 9.57. The lowest BCUT2D eigenvalue weighted by molar-refractivity contribution is 0.195. The van der Waals surface area contributed by atoms with Gasteiger partial charge in [-0.25, -0.2) is 9.18 Å². The molecule has 6 heteroatoms. The summed E-state index contributed by atoms with van der Waals surface area (Å²) in [5.41, 5.74) is 0.295. The van der Waals surface area contributed by atoms with Gasteiger partial charge in [0.25, 0.3) is 0 Å². The lowest BCUT2D eigenvalue weighted by atomic mass is 10.3. The van der Waals surface area contributed by atoms with Crippen molar-refractivity contribution in [2.45, 2.75) is 0 Å². The smallest absolute Gasteiger partial charge is 0.322 e. The summed E-state index contributed by atoms with van der Waals surface area (Å²) in [5, 5.41) is 11.5. The second kappa shape index (κ2) is 8.61. The fourth-order valence-electron chi connectivity index (χ4n) is 1.58. The molecule has 0 spiro atoms. The number of nitrogens with zero attached hydrogens (tertiary/aromatic N) is 1. The van der Waals surface area contributed by atoms with Gasteiger partial charge in [0.05, 0.1) is 12.3 Å². The van der Waals surface area contributed by atoms with Crippen molar-refractivity contribution in [3.8, 4) is 18.1 Å². The first-order valence-electron chi connectivity index (χ1n) is 6.25. The van der Waals surface area contributed by atoms with Gasteiger partial charge in [0, 0.05) is 19.2 Å². The van der Waals surface area contributed by atoms with Crippen molar-refractivity contribution >= 4 is 11.7 Å². The van der Waals surface area contributed by atoms with Crippen LogP contribution in [0.15, 0.2) is 30.9 Å². The molecule has 0 saturated heterocycles. The number of terminal acetylenes is 1. The van der Waals surface area contributed by atoms with E-state index in [0.29, 0.717) is 5.69 Å². The highest BCUT2D eigenvalue weighted by Gasteiger charge is 2.14. The number of aliphatic hydroxyl groups is 1. The monoisotopic (exact) mass is 292 g/mol. The van der Waals surface area contributed by atoms with E-state index in [4.69, 9.17) is 16.3 Å². The number of anilines is 1. The number of rotatable bonds is 7. The van der Waals surface area contributed by atoms with E-state index in [0.717, 1.165) is 6.07 Å². The van der Waals surface area contributed by atoms with Crippen LogP contribution in [-0.4, -0.2) is 42.3 Å². The van der Waals surface area contributed by atoms with E-state index in [-0.39, 0.29) is 32.1 Å². The Balaban J connectivity index is 2.87. The molecule has 0 radical (unpaired) electrons. The molecule has 5 nitrogen and oxygen atoms in total. The molecule has 1 aromatic carbocycles. The predicted octanol–water partition coefficient (Wildman–Crippen LogP) is 1.85. The summed E-state index contributed by atoms with van der Waals surface area (Å²) in [7, 11) is 0. The molecule has 0 fully saturated rings. The van der Waals surface area contributed by atoms with Gasteiger partial charge in [0.2, 0.25) is 0 Å². The zero-order chi connectivity index (χ0) is 15.7. The van der Waals surface area contributed by atoms with E-state index in [9.17, 15) is 9.18 Å². The Kier molecular flexibility index (Phi) is 6.78. The van der Waals surface area contributed by atoms with E-state index in [1.807, 2.05) is 0 Å². The summed E-state index contributed by atoms with van der Waals surface area (Å²) in [4.78, 5) is 13.4. The summed E-state index contributed by atoms with van der Waals surface area (Å²) in [6.07, 6.45) is 6.63. The molecule has 0 bridgehead atoms. The summed E-state index contributed by atoms with van der Waals surface area (Å²) in [5.74, 6) is 1.91. The Hall–Kier alpha value is -2.52. The summed E-state index contributed by atoms with van der Waals surface area (Å²) in [6.45, 7) is 3.75. The van der Waals surface area contributed by atoms with Gasteiger partial charge in [-0.2, -0.15) is 0 Å². The maximum atomic E-state index is 13.2. The van der Waals surface area contributed by atoms with Crippen LogP contribution in [-0.2, 0) is 0 Å². The van der Waals surface area contributed by atoms with Crippen LogP contribution in [0.25, 0.3) is 0 Å². The number of aliphatic hydroxyl groups excluding tert-OH is 1. The van der Waals surface area contributed by atoms with Crippen LogP contribution < -0.4 is 10.1 Å². The van der Waals surface area contributed by atoms with E-state index < -0.39 is 11.8 Å². The minimum absolute atomic E-state index is 0.0423. The quantitative estimate of drug-likeness (QED) is 0.595. The minimum Gasteiger partial charge on any atom is -0.479 e. The SMILES string of the molecule is C#CCOc1cc(F)ccc1NC(=O)N(CC=C)CCO. The molecule has 0 saturated carbocycles. The van der Waals surface area contributed by atoms with Crippen LogP contribution in [0.2, 0.25) is 0 Å². The number of hydrogen-bond acceptors (Lipinski definition) is 3. The van der Waals surface area contributed by atoms with Gasteiger partial charge in [-0.05, 0) is 12.1 Å². The summed E-state index contributed by atoms with van der Waals surface area (Å²) < 4.78 is 18.4.